The van der Waals surface area contributed by atoms with Gasteiger partial charge >= 0.3 is 12.1 Å². The second kappa shape index (κ2) is 13.4. The molecule has 1 saturated heterocycles. The number of halogens is 1. The number of alkyl halides is 1. The molecule has 2 aliphatic carbocycles. The molecule has 0 radical (unpaired) electrons. The fraction of sp³-hybridized carbons (Fsp3) is 0.647. The number of likely N-dealkylation sites (tertiary alicyclic amines) is 1. The third kappa shape index (κ3) is 6.97. The smallest absolute Gasteiger partial charge is 0.407 e. The van der Waals surface area contributed by atoms with E-state index in [1.807, 2.05) is 0 Å². The van der Waals surface area contributed by atoms with E-state index in [0.29, 0.717) is 48.6 Å². The number of carbonyl (C=O) groups is 4. The van der Waals surface area contributed by atoms with Crippen LogP contribution in [0, 0.1) is 23.7 Å². The number of nitrogens with one attached hydrogen (secondary N) is 1. The standard InChI is InChI=1S/C34H46FN3O7/c1-34(2,3)45-33(43)37-24(18-35)20-13-15-21(16-14-20)31(40)38-25(17-23(28(38)30(36)39)19-9-5-4-6-10-19)27-22-11-7-8-12-26(22)44-29(27)32(41)42/h7-8,11-12,19-21,23-25,28H,4-6,9-10,13-18H2,1-3H3,(H2,36,39)(H,37,43)(H,41,42)/t20-,21-,23-,24+,25?,28-/m0/s1. The van der Waals surface area contributed by atoms with Gasteiger partial charge in [-0.05, 0) is 76.7 Å². The van der Waals surface area contributed by atoms with Crippen molar-refractivity contribution in [3.05, 3.63) is 35.6 Å². The second-order valence-electron chi connectivity index (χ2n) is 14.1. The lowest BCUT2D eigenvalue weighted by Crippen LogP contribution is -2.51. The highest BCUT2D eigenvalue weighted by Gasteiger charge is 2.53. The lowest BCUT2D eigenvalue weighted by molar-refractivity contribution is -0.145. The van der Waals surface area contributed by atoms with Gasteiger partial charge < -0.3 is 30.2 Å². The number of rotatable bonds is 8. The molecule has 1 unspecified atom stereocenters. The molecule has 11 heteroatoms. The summed E-state index contributed by atoms with van der Waals surface area (Å²) in [5, 5.41) is 13.4. The van der Waals surface area contributed by atoms with Gasteiger partial charge in [-0.2, -0.15) is 0 Å². The number of alkyl carbamates (subject to hydrolysis) is 1. The van der Waals surface area contributed by atoms with E-state index >= 15 is 0 Å². The second-order valence-corrected chi connectivity index (χ2v) is 14.1. The summed E-state index contributed by atoms with van der Waals surface area (Å²) in [6.45, 7) is 4.46. The lowest BCUT2D eigenvalue weighted by Gasteiger charge is -2.38. The number of hydrogen-bond donors (Lipinski definition) is 3. The summed E-state index contributed by atoms with van der Waals surface area (Å²) in [4.78, 5) is 54.1. The maximum atomic E-state index is 14.5. The Morgan fingerprint density at radius 3 is 2.33 bits per heavy atom. The molecular formula is C34H46FN3O7. The monoisotopic (exact) mass is 627 g/mol. The summed E-state index contributed by atoms with van der Waals surface area (Å²) in [6.07, 6.45) is 6.70. The van der Waals surface area contributed by atoms with Crippen LogP contribution in [0.3, 0.4) is 0 Å². The Morgan fingerprint density at radius 2 is 1.73 bits per heavy atom. The minimum absolute atomic E-state index is 0.181. The average Bonchev–Trinajstić information content (AvgIpc) is 3.59. The Bertz CT molecular complexity index is 1400. The molecule has 3 amide bonds. The Labute approximate surface area is 263 Å². The van der Waals surface area contributed by atoms with Crippen LogP contribution < -0.4 is 11.1 Å². The largest absolute Gasteiger partial charge is 0.475 e. The molecule has 1 aromatic carbocycles. The van der Waals surface area contributed by atoms with Crippen molar-refractivity contribution in [3.8, 4) is 0 Å². The van der Waals surface area contributed by atoms with Crippen LogP contribution in [-0.4, -0.2) is 58.2 Å². The van der Waals surface area contributed by atoms with Crippen molar-refractivity contribution >= 4 is 34.8 Å². The predicted molar refractivity (Wildman–Crippen MR) is 165 cm³/mol. The zero-order chi connectivity index (χ0) is 32.5. The number of carboxylic acid groups (broad SMARTS) is 1. The van der Waals surface area contributed by atoms with Crippen LogP contribution in [0.2, 0.25) is 0 Å². The van der Waals surface area contributed by atoms with E-state index in [2.05, 4.69) is 5.32 Å². The maximum absolute atomic E-state index is 14.5. The third-order valence-corrected chi connectivity index (χ3v) is 10.1. The molecule has 2 aromatic rings. The number of nitrogens with two attached hydrogens (primary N) is 1. The summed E-state index contributed by atoms with van der Waals surface area (Å²) in [7, 11) is 0. The van der Waals surface area contributed by atoms with Crippen LogP contribution in [-0.2, 0) is 14.3 Å². The van der Waals surface area contributed by atoms with Gasteiger partial charge in [0.1, 0.15) is 23.9 Å². The molecule has 246 valence electrons. The van der Waals surface area contributed by atoms with Crippen molar-refractivity contribution in [2.24, 2.45) is 29.4 Å². The van der Waals surface area contributed by atoms with Gasteiger partial charge in [0.15, 0.2) is 0 Å². The maximum Gasteiger partial charge on any atom is 0.407 e. The molecule has 2 saturated carbocycles. The van der Waals surface area contributed by atoms with Crippen LogP contribution in [0.1, 0.15) is 107 Å². The van der Waals surface area contributed by atoms with E-state index in [-0.39, 0.29) is 29.4 Å². The Hall–Kier alpha value is -3.63. The Balaban J connectivity index is 1.43. The van der Waals surface area contributed by atoms with Gasteiger partial charge in [-0.1, -0.05) is 50.3 Å². The number of carbonyl (C=O) groups excluding carboxylic acids is 3. The van der Waals surface area contributed by atoms with Crippen molar-refractivity contribution in [2.45, 2.75) is 109 Å². The molecule has 1 aromatic heterocycles. The number of benzene rings is 1. The van der Waals surface area contributed by atoms with Gasteiger partial charge in [-0.25, -0.2) is 14.0 Å². The van der Waals surface area contributed by atoms with Crippen LogP contribution in [0.15, 0.2) is 28.7 Å². The molecule has 5 rings (SSSR count). The van der Waals surface area contributed by atoms with Crippen molar-refractivity contribution in [1.29, 1.82) is 0 Å². The van der Waals surface area contributed by atoms with Gasteiger partial charge in [-0.3, -0.25) is 9.59 Å². The number of amides is 3. The lowest BCUT2D eigenvalue weighted by atomic mass is 9.75. The molecular weight excluding hydrogens is 581 g/mol. The quantitative estimate of drug-likeness (QED) is 0.319. The molecule has 45 heavy (non-hydrogen) atoms. The van der Waals surface area contributed by atoms with Gasteiger partial charge in [0.05, 0.1) is 12.1 Å². The summed E-state index contributed by atoms with van der Waals surface area (Å²) in [5.74, 6) is -2.92. The van der Waals surface area contributed by atoms with E-state index in [0.717, 1.165) is 32.1 Å². The number of para-hydroxylation sites is 1. The first-order valence-electron chi connectivity index (χ1n) is 16.3. The van der Waals surface area contributed by atoms with Gasteiger partial charge in [0.2, 0.25) is 17.6 Å². The highest BCUT2D eigenvalue weighted by atomic mass is 19.1. The topological polar surface area (TPSA) is 152 Å². The molecule has 0 spiro atoms. The summed E-state index contributed by atoms with van der Waals surface area (Å²) >= 11 is 0. The first-order valence-corrected chi connectivity index (χ1v) is 16.3. The molecule has 4 N–H and O–H groups in total. The van der Waals surface area contributed by atoms with Crippen LogP contribution in [0.4, 0.5) is 9.18 Å². The van der Waals surface area contributed by atoms with Crippen molar-refractivity contribution in [1.82, 2.24) is 10.2 Å². The first-order chi connectivity index (χ1) is 21.4. The number of ether oxygens (including phenoxy) is 1. The summed E-state index contributed by atoms with van der Waals surface area (Å²) in [5.41, 5.74) is 6.18. The number of fused-ring (bicyclic) bond motifs is 1. The summed E-state index contributed by atoms with van der Waals surface area (Å²) < 4.78 is 25.2. The van der Waals surface area contributed by atoms with Gasteiger partial charge in [-0.15, -0.1) is 0 Å². The number of nitrogens with zero attached hydrogens (tertiary/aromatic N) is 1. The van der Waals surface area contributed by atoms with Gasteiger partial charge in [0, 0.05) is 16.9 Å². The molecule has 2 heterocycles. The van der Waals surface area contributed by atoms with Crippen molar-refractivity contribution in [3.63, 3.8) is 0 Å². The molecule has 1 aliphatic heterocycles. The first kappa shape index (κ1) is 32.8. The predicted octanol–water partition coefficient (Wildman–Crippen LogP) is 6.12. The van der Waals surface area contributed by atoms with E-state index in [9.17, 15) is 28.7 Å². The Kier molecular flexibility index (Phi) is 9.74. The highest BCUT2D eigenvalue weighted by molar-refractivity contribution is 5.97. The fourth-order valence-electron chi connectivity index (χ4n) is 8.08. The average molecular weight is 628 g/mol. The number of furan rings is 1. The number of carboxylic acids is 1. The van der Waals surface area contributed by atoms with Crippen LogP contribution in [0.25, 0.3) is 11.0 Å². The van der Waals surface area contributed by atoms with Gasteiger partial charge in [0.25, 0.3) is 0 Å². The van der Waals surface area contributed by atoms with E-state index in [1.165, 1.54) is 0 Å². The normalized spacial score (nSPS) is 26.8. The van der Waals surface area contributed by atoms with E-state index < -0.39 is 54.3 Å². The number of hydrogen-bond acceptors (Lipinski definition) is 6. The van der Waals surface area contributed by atoms with E-state index in [4.69, 9.17) is 14.9 Å². The fourth-order valence-corrected chi connectivity index (χ4v) is 8.08. The zero-order valence-electron chi connectivity index (χ0n) is 26.4. The van der Waals surface area contributed by atoms with E-state index in [1.54, 1.807) is 49.9 Å². The third-order valence-electron chi connectivity index (χ3n) is 10.1. The molecule has 3 fully saturated rings. The van der Waals surface area contributed by atoms with Crippen LogP contribution >= 0.6 is 0 Å². The highest BCUT2D eigenvalue weighted by Crippen LogP contribution is 2.50. The number of primary amides is 1. The molecule has 4 atom stereocenters. The minimum Gasteiger partial charge on any atom is -0.475 e. The molecule has 3 aliphatic rings. The summed E-state index contributed by atoms with van der Waals surface area (Å²) in [6, 6.07) is 4.75. The Morgan fingerprint density at radius 1 is 1.07 bits per heavy atom. The van der Waals surface area contributed by atoms with Crippen molar-refractivity contribution < 1.29 is 37.8 Å². The minimum atomic E-state index is -1.24. The number of aromatic carboxylic acids is 1. The molecule has 10 nitrogen and oxygen atoms in total. The van der Waals surface area contributed by atoms with Crippen LogP contribution in [0.5, 0.6) is 0 Å². The molecule has 0 bridgehead atoms. The SMILES string of the molecule is CC(C)(C)OC(=O)N[C@H](CF)[C@H]1CC[C@H](C(=O)N2C(c3c(C(=O)O)oc4ccccc34)C[C@@H](C3CCCCC3)[C@H]2C(N)=O)CC1. The zero-order valence-corrected chi connectivity index (χ0v) is 26.4. The van der Waals surface area contributed by atoms with Crippen molar-refractivity contribution in [2.75, 3.05) is 6.67 Å².